The molecule has 2 aromatic heterocycles. The lowest BCUT2D eigenvalue weighted by atomic mass is 10.1. The van der Waals surface area contributed by atoms with E-state index in [1.165, 1.54) is 41.0 Å². The monoisotopic (exact) mass is 359 g/mol. The highest BCUT2D eigenvalue weighted by Gasteiger charge is 2.14. The van der Waals surface area contributed by atoms with Crippen LogP contribution in [-0.2, 0) is 18.4 Å². The van der Waals surface area contributed by atoms with E-state index in [1.807, 2.05) is 0 Å². The molecule has 0 radical (unpaired) electrons. The van der Waals surface area contributed by atoms with Crippen molar-refractivity contribution in [3.8, 4) is 5.75 Å². The van der Waals surface area contributed by atoms with Crippen LogP contribution in [0.2, 0.25) is 0 Å². The van der Waals surface area contributed by atoms with Crippen LogP contribution in [0.15, 0.2) is 35.5 Å². The Morgan fingerprint density at radius 1 is 1.42 bits per heavy atom. The first-order valence-electron chi connectivity index (χ1n) is 7.90. The van der Waals surface area contributed by atoms with Crippen molar-refractivity contribution < 1.29 is 13.9 Å². The molecule has 0 saturated carbocycles. The lowest BCUT2D eigenvalue weighted by Crippen LogP contribution is -2.34. The lowest BCUT2D eigenvalue weighted by molar-refractivity contribution is -0.122. The molecule has 0 fully saturated rings. The number of aromatic nitrogens is 4. The Labute approximate surface area is 148 Å². The zero-order chi connectivity index (χ0) is 18.8. The number of nitrogens with one attached hydrogen (secondary N) is 1. The number of methoxy groups -OCH3 is 1. The fraction of sp³-hybridized carbons (Fsp3) is 0.294. The molecule has 1 aromatic carbocycles. The highest BCUT2D eigenvalue weighted by molar-refractivity contribution is 5.77. The van der Waals surface area contributed by atoms with Crippen LogP contribution in [0.1, 0.15) is 18.5 Å². The molecule has 0 bridgehead atoms. The smallest absolute Gasteiger partial charge is 0.264 e. The minimum atomic E-state index is -0.506. The first-order chi connectivity index (χ1) is 12.4. The fourth-order valence-electron chi connectivity index (χ4n) is 2.66. The molecule has 1 N–H and O–H groups in total. The molecule has 9 heteroatoms. The Morgan fingerprint density at radius 2 is 2.19 bits per heavy atom. The Balaban J connectivity index is 1.73. The second-order valence-electron chi connectivity index (χ2n) is 5.87. The second kappa shape index (κ2) is 6.95. The second-order valence-corrected chi connectivity index (χ2v) is 5.87. The molecule has 1 unspecified atom stereocenters. The van der Waals surface area contributed by atoms with Crippen LogP contribution in [-0.4, -0.2) is 32.3 Å². The van der Waals surface area contributed by atoms with Gasteiger partial charge in [-0.15, -0.1) is 0 Å². The van der Waals surface area contributed by atoms with Gasteiger partial charge in [-0.2, -0.15) is 5.10 Å². The summed E-state index contributed by atoms with van der Waals surface area (Å²) >= 11 is 0. The average molecular weight is 359 g/mol. The van der Waals surface area contributed by atoms with Gasteiger partial charge in [0.05, 0.1) is 19.3 Å². The highest BCUT2D eigenvalue weighted by atomic mass is 19.1. The van der Waals surface area contributed by atoms with Gasteiger partial charge in [0, 0.05) is 7.05 Å². The van der Waals surface area contributed by atoms with Gasteiger partial charge in [-0.3, -0.25) is 18.8 Å². The Kier molecular flexibility index (Phi) is 4.70. The van der Waals surface area contributed by atoms with Crippen molar-refractivity contribution in [3.63, 3.8) is 0 Å². The zero-order valence-corrected chi connectivity index (χ0v) is 14.6. The van der Waals surface area contributed by atoms with Crippen LogP contribution < -0.4 is 15.6 Å². The molecular formula is C17H18FN5O3. The van der Waals surface area contributed by atoms with Crippen molar-refractivity contribution in [1.82, 2.24) is 24.6 Å². The van der Waals surface area contributed by atoms with Gasteiger partial charge in [0.25, 0.3) is 5.56 Å². The maximum atomic E-state index is 13.8. The Hall–Kier alpha value is -3.23. The van der Waals surface area contributed by atoms with Gasteiger partial charge in [0.1, 0.15) is 18.3 Å². The topological polar surface area (TPSA) is 91.0 Å². The van der Waals surface area contributed by atoms with E-state index < -0.39 is 11.9 Å². The van der Waals surface area contributed by atoms with E-state index in [4.69, 9.17) is 4.74 Å². The third kappa shape index (κ3) is 3.28. The predicted molar refractivity (Wildman–Crippen MR) is 92.3 cm³/mol. The van der Waals surface area contributed by atoms with E-state index in [0.29, 0.717) is 16.6 Å². The molecule has 0 aliphatic rings. The van der Waals surface area contributed by atoms with Crippen LogP contribution >= 0.6 is 0 Å². The molecule has 1 atom stereocenters. The molecule has 26 heavy (non-hydrogen) atoms. The third-order valence-corrected chi connectivity index (χ3v) is 4.09. The highest BCUT2D eigenvalue weighted by Crippen LogP contribution is 2.21. The molecule has 3 rings (SSSR count). The summed E-state index contributed by atoms with van der Waals surface area (Å²) in [6.45, 7) is 1.53. The summed E-state index contributed by atoms with van der Waals surface area (Å²) in [6, 6.07) is 4.04. The van der Waals surface area contributed by atoms with E-state index in [1.54, 1.807) is 20.0 Å². The number of nitrogens with zero attached hydrogens (tertiary/aromatic N) is 4. The average Bonchev–Trinajstić information content (AvgIpc) is 2.99. The number of hydrogen-bond donors (Lipinski definition) is 1. The van der Waals surface area contributed by atoms with Gasteiger partial charge in [0.2, 0.25) is 5.91 Å². The van der Waals surface area contributed by atoms with Crippen LogP contribution in [0.25, 0.3) is 11.0 Å². The van der Waals surface area contributed by atoms with Gasteiger partial charge < -0.3 is 10.1 Å². The summed E-state index contributed by atoms with van der Waals surface area (Å²) in [6.07, 6.45) is 2.73. The van der Waals surface area contributed by atoms with Gasteiger partial charge in [-0.1, -0.05) is 6.07 Å². The van der Waals surface area contributed by atoms with E-state index in [2.05, 4.69) is 15.4 Å². The zero-order valence-electron chi connectivity index (χ0n) is 14.6. The molecule has 0 spiro atoms. The molecule has 3 aromatic rings. The maximum Gasteiger partial charge on any atom is 0.264 e. The van der Waals surface area contributed by atoms with Gasteiger partial charge >= 0.3 is 0 Å². The van der Waals surface area contributed by atoms with Crippen molar-refractivity contribution in [2.75, 3.05) is 7.11 Å². The first kappa shape index (κ1) is 17.6. The maximum absolute atomic E-state index is 13.8. The number of ether oxygens (including phenoxy) is 1. The van der Waals surface area contributed by atoms with Crippen LogP contribution in [0.3, 0.4) is 0 Å². The minimum absolute atomic E-state index is 0.134. The Bertz CT molecular complexity index is 1030. The largest absolute Gasteiger partial charge is 0.494 e. The summed E-state index contributed by atoms with van der Waals surface area (Å²) in [4.78, 5) is 28.8. The predicted octanol–water partition coefficient (Wildman–Crippen LogP) is 1.16. The van der Waals surface area contributed by atoms with Crippen LogP contribution in [0.4, 0.5) is 4.39 Å². The molecule has 8 nitrogen and oxygen atoms in total. The number of halogens is 1. The molecule has 2 heterocycles. The number of rotatable bonds is 5. The summed E-state index contributed by atoms with van der Waals surface area (Å²) in [5.41, 5.74) is 0.694. The van der Waals surface area contributed by atoms with Gasteiger partial charge in [-0.25, -0.2) is 9.37 Å². The number of fused-ring (bicyclic) bond motifs is 1. The molecule has 1 amide bonds. The molecule has 0 saturated heterocycles. The SMILES string of the molecule is COc1ccc(C(C)NC(=O)Cn2cnc3c(cnn3C)c2=O)cc1F. The Morgan fingerprint density at radius 3 is 2.88 bits per heavy atom. The number of amides is 1. The fourth-order valence-corrected chi connectivity index (χ4v) is 2.66. The van der Waals surface area contributed by atoms with E-state index in [0.717, 1.165) is 0 Å². The summed E-state index contributed by atoms with van der Waals surface area (Å²) in [7, 11) is 3.07. The van der Waals surface area contributed by atoms with Crippen molar-refractivity contribution in [2.45, 2.75) is 19.5 Å². The number of benzene rings is 1. The summed E-state index contributed by atoms with van der Waals surface area (Å²) in [5.74, 6) is -0.760. The first-order valence-corrected chi connectivity index (χ1v) is 7.90. The number of aryl methyl sites for hydroxylation is 1. The van der Waals surface area contributed by atoms with Crippen molar-refractivity contribution in [3.05, 3.63) is 52.5 Å². The standard InChI is InChI=1S/C17H18FN5O3/c1-10(11-4-5-14(26-3)13(18)6-11)21-15(24)8-23-9-19-16-12(17(23)25)7-20-22(16)2/h4-7,9-10H,8H2,1-3H3,(H,21,24). The molecular weight excluding hydrogens is 341 g/mol. The quantitative estimate of drug-likeness (QED) is 0.738. The van der Waals surface area contributed by atoms with Crippen molar-refractivity contribution in [1.29, 1.82) is 0 Å². The van der Waals surface area contributed by atoms with Crippen LogP contribution in [0, 0.1) is 5.82 Å². The minimum Gasteiger partial charge on any atom is -0.494 e. The normalized spacial score (nSPS) is 12.2. The molecule has 0 aliphatic heterocycles. The van der Waals surface area contributed by atoms with Gasteiger partial charge in [0.15, 0.2) is 17.2 Å². The van der Waals surface area contributed by atoms with E-state index >= 15 is 0 Å². The van der Waals surface area contributed by atoms with E-state index in [-0.39, 0.29) is 23.8 Å². The molecule has 0 aliphatic carbocycles. The van der Waals surface area contributed by atoms with E-state index in [9.17, 15) is 14.0 Å². The summed E-state index contributed by atoms with van der Waals surface area (Å²) in [5, 5.41) is 7.06. The third-order valence-electron chi connectivity index (χ3n) is 4.09. The number of hydrogen-bond acceptors (Lipinski definition) is 5. The number of carbonyl (C=O) groups is 1. The summed E-state index contributed by atoms with van der Waals surface area (Å²) < 4.78 is 21.4. The molecule has 136 valence electrons. The van der Waals surface area contributed by atoms with Crippen molar-refractivity contribution >= 4 is 16.9 Å². The lowest BCUT2D eigenvalue weighted by Gasteiger charge is -2.15. The van der Waals surface area contributed by atoms with Crippen molar-refractivity contribution in [2.24, 2.45) is 7.05 Å². The van der Waals surface area contributed by atoms with Crippen LogP contribution in [0.5, 0.6) is 5.75 Å². The van der Waals surface area contributed by atoms with Gasteiger partial charge in [-0.05, 0) is 24.6 Å². The number of carbonyl (C=O) groups excluding carboxylic acids is 1.